The van der Waals surface area contributed by atoms with Gasteiger partial charge in [0.05, 0.1) is 33.9 Å². The fourth-order valence-corrected chi connectivity index (χ4v) is 6.46. The van der Waals surface area contributed by atoms with Crippen LogP contribution in [0.1, 0.15) is 29.7 Å². The number of para-hydroxylation sites is 1. The van der Waals surface area contributed by atoms with Gasteiger partial charge in [-0.1, -0.05) is 53.3 Å². The lowest BCUT2D eigenvalue weighted by molar-refractivity contribution is -0.384. The first-order chi connectivity index (χ1) is 22.7. The van der Waals surface area contributed by atoms with Crippen molar-refractivity contribution in [1.82, 2.24) is 4.57 Å². The molecule has 1 atom stereocenters. The van der Waals surface area contributed by atoms with Gasteiger partial charge in [-0.15, -0.1) is 0 Å². The van der Waals surface area contributed by atoms with Gasteiger partial charge in [-0.3, -0.25) is 24.3 Å². The number of allylic oxidation sites excluding steroid dienone is 1. The summed E-state index contributed by atoms with van der Waals surface area (Å²) in [6.45, 7) is 1.89. The van der Waals surface area contributed by atoms with Gasteiger partial charge in [-0.05, 0) is 78.7 Å². The Morgan fingerprint density at radius 3 is 2.55 bits per heavy atom. The molecule has 5 aromatic rings. The number of amides is 1. The van der Waals surface area contributed by atoms with Crippen LogP contribution in [0.2, 0.25) is 5.02 Å². The topological polar surface area (TPSA) is 125 Å². The summed E-state index contributed by atoms with van der Waals surface area (Å²) in [6, 6.07) is 26.7. The molecule has 1 N–H and O–H groups in total. The van der Waals surface area contributed by atoms with Crippen LogP contribution in [-0.4, -0.2) is 22.5 Å². The molecule has 236 valence electrons. The summed E-state index contributed by atoms with van der Waals surface area (Å²) in [6.07, 6.45) is 1.69. The lowest BCUT2D eigenvalue weighted by Crippen LogP contribution is -2.40. The minimum Gasteiger partial charge on any atom is -0.497 e. The number of anilines is 1. The van der Waals surface area contributed by atoms with E-state index < -0.39 is 11.0 Å². The predicted octanol–water partition coefficient (Wildman–Crippen LogP) is 6.02. The number of nitro benzene ring substituents is 1. The van der Waals surface area contributed by atoms with Crippen LogP contribution >= 0.6 is 22.9 Å². The molecule has 1 aliphatic rings. The zero-order chi connectivity index (χ0) is 33.1. The first kappa shape index (κ1) is 31.5. The van der Waals surface area contributed by atoms with Gasteiger partial charge in [0, 0.05) is 28.4 Å². The molecule has 0 radical (unpaired) electrons. The van der Waals surface area contributed by atoms with Crippen molar-refractivity contribution in [3.63, 3.8) is 0 Å². The summed E-state index contributed by atoms with van der Waals surface area (Å²) in [5.41, 5.74) is 3.03. The Morgan fingerprint density at radius 1 is 1.06 bits per heavy atom. The number of hydrogen-bond donors (Lipinski definition) is 1. The molecular formula is C35H27ClN4O6S. The molecule has 4 aromatic carbocycles. The number of nitro groups is 1. The first-order valence-corrected chi connectivity index (χ1v) is 15.6. The van der Waals surface area contributed by atoms with Gasteiger partial charge in [0.2, 0.25) is 0 Å². The second-order valence-electron chi connectivity index (χ2n) is 10.6. The van der Waals surface area contributed by atoms with Crippen LogP contribution in [-0.2, 0) is 11.4 Å². The van der Waals surface area contributed by atoms with Gasteiger partial charge >= 0.3 is 0 Å². The number of halogens is 1. The monoisotopic (exact) mass is 666 g/mol. The third-order valence-corrected chi connectivity index (χ3v) is 8.73. The highest BCUT2D eigenvalue weighted by Gasteiger charge is 2.33. The van der Waals surface area contributed by atoms with Crippen LogP contribution in [0.3, 0.4) is 0 Å². The number of ether oxygens (including phenoxy) is 2. The van der Waals surface area contributed by atoms with Gasteiger partial charge < -0.3 is 14.8 Å². The van der Waals surface area contributed by atoms with E-state index in [4.69, 9.17) is 26.1 Å². The fourth-order valence-electron chi connectivity index (χ4n) is 5.24. The molecule has 2 heterocycles. The van der Waals surface area contributed by atoms with E-state index in [-0.39, 0.29) is 23.8 Å². The Labute approximate surface area is 277 Å². The van der Waals surface area contributed by atoms with Crippen molar-refractivity contribution in [2.75, 3.05) is 12.4 Å². The zero-order valence-electron chi connectivity index (χ0n) is 25.2. The van der Waals surface area contributed by atoms with Gasteiger partial charge in [0.15, 0.2) is 4.80 Å². The maximum absolute atomic E-state index is 14.2. The summed E-state index contributed by atoms with van der Waals surface area (Å²) in [4.78, 5) is 43.7. The molecule has 0 fully saturated rings. The van der Waals surface area contributed by atoms with Crippen molar-refractivity contribution in [1.29, 1.82) is 0 Å². The summed E-state index contributed by atoms with van der Waals surface area (Å²) < 4.78 is 13.4. The van der Waals surface area contributed by atoms with Crippen LogP contribution in [0, 0.1) is 10.1 Å². The first-order valence-electron chi connectivity index (χ1n) is 14.4. The number of fused-ring (bicyclic) bond motifs is 1. The second kappa shape index (κ2) is 13.5. The normalized spacial score (nSPS) is 14.3. The highest BCUT2D eigenvalue weighted by molar-refractivity contribution is 7.07. The number of carbonyl (C=O) groups excluding carboxylic acids is 1. The smallest absolute Gasteiger partial charge is 0.271 e. The minimum absolute atomic E-state index is 0.0144. The molecule has 10 nitrogen and oxygen atoms in total. The van der Waals surface area contributed by atoms with E-state index in [1.54, 1.807) is 74.7 Å². The average Bonchev–Trinajstić information content (AvgIpc) is 3.37. The number of benzene rings is 4. The molecule has 6 rings (SSSR count). The molecule has 0 aliphatic carbocycles. The number of aromatic nitrogens is 1. The van der Waals surface area contributed by atoms with Crippen molar-refractivity contribution in [2.24, 2.45) is 4.99 Å². The summed E-state index contributed by atoms with van der Waals surface area (Å²) in [5, 5.41) is 14.4. The molecule has 1 aliphatic heterocycles. The molecule has 12 heteroatoms. The van der Waals surface area contributed by atoms with Crippen LogP contribution in [0.25, 0.3) is 6.08 Å². The number of rotatable bonds is 9. The Morgan fingerprint density at radius 2 is 1.83 bits per heavy atom. The van der Waals surface area contributed by atoms with Crippen LogP contribution in [0.5, 0.6) is 11.5 Å². The number of nitrogens with one attached hydrogen (secondary N) is 1. The SMILES string of the molecule is COc1cccc([C@H]2C(C(=O)Nc3ccccc3)=C(C)N=c3s/c(=C\c4cc(Cl)ccc4OCc4ccc([N+](=O)[O-])cc4)c(=O)n32)c1. The van der Waals surface area contributed by atoms with Crippen molar-refractivity contribution in [3.05, 3.63) is 160 Å². The quantitative estimate of drug-likeness (QED) is 0.151. The third kappa shape index (κ3) is 6.71. The van der Waals surface area contributed by atoms with E-state index >= 15 is 0 Å². The van der Waals surface area contributed by atoms with E-state index in [2.05, 4.69) is 5.32 Å². The Kier molecular flexibility index (Phi) is 9.01. The highest BCUT2D eigenvalue weighted by Crippen LogP contribution is 2.32. The molecule has 0 spiro atoms. The van der Waals surface area contributed by atoms with Gasteiger partial charge in [-0.2, -0.15) is 0 Å². The summed E-state index contributed by atoms with van der Waals surface area (Å²) in [7, 11) is 1.56. The predicted molar refractivity (Wildman–Crippen MR) is 181 cm³/mol. The van der Waals surface area contributed by atoms with Crippen LogP contribution < -0.4 is 29.7 Å². The average molecular weight is 667 g/mol. The summed E-state index contributed by atoms with van der Waals surface area (Å²) >= 11 is 7.55. The maximum atomic E-state index is 14.2. The van der Waals surface area contributed by atoms with Gasteiger partial charge in [-0.25, -0.2) is 4.99 Å². The lowest BCUT2D eigenvalue weighted by atomic mass is 9.95. The molecule has 0 saturated heterocycles. The Balaban J connectivity index is 1.42. The third-order valence-electron chi connectivity index (χ3n) is 7.51. The fraction of sp³-hybridized carbons (Fsp3) is 0.114. The van der Waals surface area contributed by atoms with Gasteiger partial charge in [0.1, 0.15) is 18.1 Å². The molecular weight excluding hydrogens is 640 g/mol. The number of methoxy groups -OCH3 is 1. The van der Waals surface area contributed by atoms with E-state index in [1.165, 1.54) is 28.0 Å². The maximum Gasteiger partial charge on any atom is 0.271 e. The van der Waals surface area contributed by atoms with Crippen molar-refractivity contribution >= 4 is 46.3 Å². The second-order valence-corrected chi connectivity index (χ2v) is 12.0. The largest absolute Gasteiger partial charge is 0.497 e. The molecule has 0 saturated carbocycles. The lowest BCUT2D eigenvalue weighted by Gasteiger charge is -2.25. The van der Waals surface area contributed by atoms with Crippen molar-refractivity contribution in [2.45, 2.75) is 19.6 Å². The molecule has 47 heavy (non-hydrogen) atoms. The Hall–Kier alpha value is -5.52. The van der Waals surface area contributed by atoms with E-state index in [0.29, 0.717) is 53.9 Å². The summed E-state index contributed by atoms with van der Waals surface area (Å²) in [5.74, 6) is 0.661. The number of thiazole rings is 1. The zero-order valence-corrected chi connectivity index (χ0v) is 26.7. The molecule has 0 unspecified atom stereocenters. The molecule has 1 aromatic heterocycles. The van der Waals surface area contributed by atoms with Crippen LogP contribution in [0.15, 0.2) is 118 Å². The number of nitrogens with zero attached hydrogens (tertiary/aromatic N) is 3. The van der Waals surface area contributed by atoms with E-state index in [9.17, 15) is 19.7 Å². The highest BCUT2D eigenvalue weighted by atomic mass is 35.5. The standard InChI is InChI=1S/C35H27ClN4O6S/c1-21-31(33(41)38-26-8-4-3-5-9-26)32(23-7-6-10-28(18-23)45-2)39-34(42)30(47-35(39)37-21)19-24-17-25(36)13-16-29(24)46-20-22-11-14-27(15-12-22)40(43)44/h3-19,32H,20H2,1-2H3,(H,38,41)/b30-19-/t32-/m0/s1. The van der Waals surface area contributed by atoms with Gasteiger partial charge in [0.25, 0.3) is 17.2 Å². The van der Waals surface area contributed by atoms with Crippen LogP contribution in [0.4, 0.5) is 11.4 Å². The van der Waals surface area contributed by atoms with Crippen molar-refractivity contribution in [3.8, 4) is 11.5 Å². The van der Waals surface area contributed by atoms with Crippen molar-refractivity contribution < 1.29 is 19.2 Å². The minimum atomic E-state index is -0.788. The number of carbonyl (C=O) groups is 1. The Bertz CT molecular complexity index is 2210. The van der Waals surface area contributed by atoms with E-state index in [1.807, 2.05) is 30.3 Å². The molecule has 1 amide bonds. The van der Waals surface area contributed by atoms with E-state index in [0.717, 1.165) is 5.56 Å². The number of hydrogen-bond acceptors (Lipinski definition) is 8. The number of non-ortho nitro benzene ring substituents is 1. The molecule has 0 bridgehead atoms.